The molecule has 0 saturated heterocycles. The molecule has 3 aromatic rings. The van der Waals surface area contributed by atoms with E-state index in [1.54, 1.807) is 12.1 Å². The number of amides is 3. The van der Waals surface area contributed by atoms with Crippen molar-refractivity contribution in [2.24, 2.45) is 0 Å². The van der Waals surface area contributed by atoms with Crippen LogP contribution in [-0.2, 0) is 11.3 Å². The molecule has 0 aliphatic carbocycles. The average Bonchev–Trinajstić information content (AvgIpc) is 3.04. The Morgan fingerprint density at radius 1 is 0.844 bits per heavy atom. The monoisotopic (exact) mass is 427 g/mol. The van der Waals surface area contributed by atoms with E-state index in [9.17, 15) is 14.4 Å². The van der Waals surface area contributed by atoms with Crippen molar-refractivity contribution in [3.63, 3.8) is 0 Å². The van der Waals surface area contributed by atoms with Crippen LogP contribution in [0.3, 0.4) is 0 Å². The highest BCUT2D eigenvalue weighted by Crippen LogP contribution is 2.35. The number of imide groups is 1. The molecule has 1 aliphatic heterocycles. The number of hydrogen-bond acceptors (Lipinski definition) is 4. The van der Waals surface area contributed by atoms with Crippen molar-refractivity contribution in [3.05, 3.63) is 89.0 Å². The molecular weight excluding hydrogens is 402 g/mol. The second kappa shape index (κ2) is 9.16. The van der Waals surface area contributed by atoms with Crippen LogP contribution in [-0.4, -0.2) is 30.8 Å². The van der Waals surface area contributed by atoms with Crippen LogP contribution in [0.2, 0.25) is 0 Å². The summed E-state index contributed by atoms with van der Waals surface area (Å²) >= 11 is 0. The first-order valence-corrected chi connectivity index (χ1v) is 10.6. The lowest BCUT2D eigenvalue weighted by atomic mass is 9.99. The molecule has 2 N–H and O–H groups in total. The van der Waals surface area contributed by atoms with Crippen molar-refractivity contribution in [3.8, 4) is 11.1 Å². The second-order valence-corrected chi connectivity index (χ2v) is 7.80. The minimum Gasteiger partial charge on any atom is -0.355 e. The number of hydrogen-bond donors (Lipinski definition) is 2. The Hall–Kier alpha value is -3.77. The molecule has 0 atom stereocenters. The van der Waals surface area contributed by atoms with E-state index in [4.69, 9.17) is 0 Å². The molecule has 0 saturated carbocycles. The number of carbonyl (C=O) groups excluding carboxylic acids is 3. The fourth-order valence-corrected chi connectivity index (χ4v) is 3.97. The quantitative estimate of drug-likeness (QED) is 0.445. The van der Waals surface area contributed by atoms with Crippen molar-refractivity contribution >= 4 is 23.4 Å². The van der Waals surface area contributed by atoms with Gasteiger partial charge in [-0.3, -0.25) is 14.4 Å². The summed E-state index contributed by atoms with van der Waals surface area (Å²) in [6.07, 6.45) is 0. The average molecular weight is 428 g/mol. The van der Waals surface area contributed by atoms with E-state index in [2.05, 4.69) is 10.6 Å². The molecule has 6 heteroatoms. The largest absolute Gasteiger partial charge is 0.355 e. The van der Waals surface area contributed by atoms with Crippen molar-refractivity contribution in [1.82, 2.24) is 10.6 Å². The Morgan fingerprint density at radius 3 is 2.34 bits per heavy atom. The molecule has 0 spiro atoms. The van der Waals surface area contributed by atoms with Crippen molar-refractivity contribution < 1.29 is 14.4 Å². The highest BCUT2D eigenvalue weighted by molar-refractivity contribution is 6.34. The fraction of sp³-hybridized carbons (Fsp3) is 0.192. The molecule has 3 aromatic carbocycles. The van der Waals surface area contributed by atoms with Gasteiger partial charge in [-0.05, 0) is 47.4 Å². The second-order valence-electron chi connectivity index (χ2n) is 7.80. The number of benzene rings is 3. The molecule has 3 amide bonds. The number of rotatable bonds is 7. The molecule has 0 bridgehead atoms. The molecule has 162 valence electrons. The van der Waals surface area contributed by atoms with Crippen molar-refractivity contribution in [1.29, 1.82) is 0 Å². The predicted molar refractivity (Wildman–Crippen MR) is 125 cm³/mol. The topological polar surface area (TPSA) is 78.5 Å². The van der Waals surface area contributed by atoms with E-state index in [1.807, 2.05) is 61.5 Å². The third-order valence-electron chi connectivity index (χ3n) is 5.59. The van der Waals surface area contributed by atoms with Gasteiger partial charge in [0.25, 0.3) is 11.8 Å². The summed E-state index contributed by atoms with van der Waals surface area (Å²) in [5.74, 6) is -0.679. The van der Waals surface area contributed by atoms with Gasteiger partial charge in [-0.25, -0.2) is 4.90 Å². The van der Waals surface area contributed by atoms with Crippen LogP contribution in [0.5, 0.6) is 0 Å². The molecule has 6 nitrogen and oxygen atoms in total. The smallest absolute Gasteiger partial charge is 0.266 e. The first-order valence-electron chi connectivity index (χ1n) is 10.6. The highest BCUT2D eigenvalue weighted by Gasteiger charge is 2.37. The highest BCUT2D eigenvalue weighted by atomic mass is 16.2. The first-order chi connectivity index (χ1) is 15.5. The zero-order valence-electron chi connectivity index (χ0n) is 18.1. The summed E-state index contributed by atoms with van der Waals surface area (Å²) in [5, 5.41) is 5.95. The van der Waals surface area contributed by atoms with E-state index in [-0.39, 0.29) is 17.7 Å². The maximum Gasteiger partial charge on any atom is 0.266 e. The van der Waals surface area contributed by atoms with Crippen LogP contribution in [0.25, 0.3) is 11.1 Å². The number of nitrogens with zero attached hydrogens (tertiary/aromatic N) is 1. The predicted octanol–water partition coefficient (Wildman–Crippen LogP) is 3.69. The summed E-state index contributed by atoms with van der Waals surface area (Å²) < 4.78 is 0. The number of carbonyl (C=O) groups is 3. The van der Waals surface area contributed by atoms with E-state index in [0.717, 1.165) is 22.3 Å². The van der Waals surface area contributed by atoms with Crippen LogP contribution < -0.4 is 15.5 Å². The maximum absolute atomic E-state index is 13.2. The van der Waals surface area contributed by atoms with Gasteiger partial charge < -0.3 is 10.6 Å². The number of anilines is 1. The minimum atomic E-state index is -0.307. The Balaban J connectivity index is 1.56. The molecule has 32 heavy (non-hydrogen) atoms. The van der Waals surface area contributed by atoms with Gasteiger partial charge in [0.1, 0.15) is 0 Å². The van der Waals surface area contributed by atoms with E-state index < -0.39 is 0 Å². The van der Waals surface area contributed by atoms with E-state index in [0.29, 0.717) is 36.4 Å². The van der Waals surface area contributed by atoms with E-state index >= 15 is 0 Å². The van der Waals surface area contributed by atoms with Gasteiger partial charge in [0.2, 0.25) is 5.91 Å². The molecule has 1 aliphatic rings. The molecular formula is C26H25N3O3. The van der Waals surface area contributed by atoms with Crippen molar-refractivity contribution in [2.75, 3.05) is 18.0 Å². The summed E-state index contributed by atoms with van der Waals surface area (Å²) in [6.45, 7) is 5.10. The Bertz CT molecular complexity index is 1190. The molecule has 0 fully saturated rings. The van der Waals surface area contributed by atoms with Crippen LogP contribution in [0.15, 0.2) is 66.7 Å². The van der Waals surface area contributed by atoms with Crippen LogP contribution in [0.4, 0.5) is 5.69 Å². The maximum atomic E-state index is 13.2. The van der Waals surface area contributed by atoms with Gasteiger partial charge in [0, 0.05) is 26.6 Å². The molecule has 4 rings (SSSR count). The summed E-state index contributed by atoms with van der Waals surface area (Å²) in [6, 6.07) is 21.0. The zero-order valence-corrected chi connectivity index (χ0v) is 18.1. The Morgan fingerprint density at radius 2 is 1.59 bits per heavy atom. The Kier molecular flexibility index (Phi) is 6.14. The minimum absolute atomic E-state index is 0.0693. The van der Waals surface area contributed by atoms with Crippen LogP contribution >= 0.6 is 0 Å². The third-order valence-corrected chi connectivity index (χ3v) is 5.59. The van der Waals surface area contributed by atoms with Crippen LogP contribution in [0.1, 0.15) is 38.8 Å². The molecule has 1 heterocycles. The first kappa shape index (κ1) is 21.5. The molecule has 0 unspecified atom stereocenters. The van der Waals surface area contributed by atoms with Gasteiger partial charge in [-0.15, -0.1) is 0 Å². The van der Waals surface area contributed by atoms with Gasteiger partial charge >= 0.3 is 0 Å². The van der Waals surface area contributed by atoms with E-state index in [1.165, 1.54) is 11.8 Å². The normalized spacial score (nSPS) is 12.8. The molecule has 0 radical (unpaired) electrons. The summed E-state index contributed by atoms with van der Waals surface area (Å²) in [5.41, 5.74) is 5.26. The lowest BCUT2D eigenvalue weighted by molar-refractivity contribution is -0.118. The SMILES string of the molecule is CC(=O)NCCNCc1ccc2c(c1)C(=O)N(c1cccc(-c3ccccc3)c1C)C2=O. The fourth-order valence-electron chi connectivity index (χ4n) is 3.97. The lowest BCUT2D eigenvalue weighted by Gasteiger charge is -2.19. The molecule has 0 aromatic heterocycles. The standard InChI is InChI=1S/C26H25N3O3/c1-17-21(20-7-4-3-5-8-20)9-6-10-24(17)29-25(31)22-12-11-19(15-23(22)26(29)32)16-27-13-14-28-18(2)30/h3-12,15,27H,13-14,16H2,1-2H3,(H,28,30). The van der Waals surface area contributed by atoms with Gasteiger partial charge in [-0.2, -0.15) is 0 Å². The van der Waals surface area contributed by atoms with Crippen LogP contribution in [0, 0.1) is 6.92 Å². The van der Waals surface area contributed by atoms with Gasteiger partial charge in [0.05, 0.1) is 16.8 Å². The van der Waals surface area contributed by atoms with Gasteiger partial charge in [-0.1, -0.05) is 48.5 Å². The lowest BCUT2D eigenvalue weighted by Crippen LogP contribution is -2.30. The number of nitrogens with one attached hydrogen (secondary N) is 2. The van der Waals surface area contributed by atoms with Crippen molar-refractivity contribution in [2.45, 2.75) is 20.4 Å². The Labute approximate surface area is 187 Å². The number of fused-ring (bicyclic) bond motifs is 1. The third kappa shape index (κ3) is 4.18. The summed E-state index contributed by atoms with van der Waals surface area (Å²) in [4.78, 5) is 38.6. The van der Waals surface area contributed by atoms with Gasteiger partial charge in [0.15, 0.2) is 0 Å². The zero-order chi connectivity index (χ0) is 22.7. The summed E-state index contributed by atoms with van der Waals surface area (Å²) in [7, 11) is 0.